The molecule has 4 aromatic rings. The van der Waals surface area contributed by atoms with Crippen LogP contribution in [0.2, 0.25) is 0 Å². The Kier molecular flexibility index (Phi) is 4.79. The predicted molar refractivity (Wildman–Crippen MR) is 104 cm³/mol. The van der Waals surface area contributed by atoms with Crippen molar-refractivity contribution in [2.75, 3.05) is 20.2 Å². The summed E-state index contributed by atoms with van der Waals surface area (Å²) in [5, 5.41) is 9.10. The highest BCUT2D eigenvalue weighted by Gasteiger charge is 2.15. The van der Waals surface area contributed by atoms with E-state index >= 15 is 0 Å². The number of hydrogen-bond donors (Lipinski definition) is 0. The lowest BCUT2D eigenvalue weighted by Crippen LogP contribution is -2.26. The van der Waals surface area contributed by atoms with E-state index < -0.39 is 0 Å². The Morgan fingerprint density at radius 2 is 1.96 bits per heavy atom. The zero-order valence-electron chi connectivity index (χ0n) is 15.7. The minimum atomic E-state index is -0.321. The number of nitrogens with zero attached hydrogens (tertiary/aromatic N) is 5. The number of para-hydroxylation sites is 1. The van der Waals surface area contributed by atoms with Gasteiger partial charge in [0, 0.05) is 19.7 Å². The Hall–Kier alpha value is -3.26. The number of ether oxygens (including phenoxy) is 1. The van der Waals surface area contributed by atoms with Crippen LogP contribution in [-0.4, -0.2) is 44.3 Å². The SMILES string of the molecule is CN(CCOc1cccc(F)c1)Cc1nnc2n(C)c(=O)c3ccccc3n12. The van der Waals surface area contributed by atoms with Crippen molar-refractivity contribution in [3.05, 3.63) is 70.5 Å². The molecule has 0 saturated carbocycles. The average molecular weight is 381 g/mol. The molecule has 0 fully saturated rings. The maximum Gasteiger partial charge on any atom is 0.262 e. The largest absolute Gasteiger partial charge is 0.492 e. The summed E-state index contributed by atoms with van der Waals surface area (Å²) in [6.45, 7) is 1.56. The fourth-order valence-electron chi connectivity index (χ4n) is 3.19. The van der Waals surface area contributed by atoms with Gasteiger partial charge in [-0.1, -0.05) is 18.2 Å². The van der Waals surface area contributed by atoms with Crippen LogP contribution in [0.3, 0.4) is 0 Å². The zero-order chi connectivity index (χ0) is 19.7. The van der Waals surface area contributed by atoms with Crippen molar-refractivity contribution >= 4 is 16.7 Å². The van der Waals surface area contributed by atoms with Crippen LogP contribution >= 0.6 is 0 Å². The van der Waals surface area contributed by atoms with Crippen LogP contribution in [0.4, 0.5) is 4.39 Å². The molecule has 0 N–H and O–H groups in total. The van der Waals surface area contributed by atoms with Gasteiger partial charge in [-0.25, -0.2) is 4.39 Å². The van der Waals surface area contributed by atoms with E-state index in [4.69, 9.17) is 4.74 Å². The molecule has 2 aromatic heterocycles. The van der Waals surface area contributed by atoms with E-state index in [0.717, 1.165) is 11.3 Å². The van der Waals surface area contributed by atoms with Crippen LogP contribution in [0.5, 0.6) is 5.75 Å². The molecule has 8 heteroatoms. The molecule has 4 rings (SSSR count). The number of aromatic nitrogens is 4. The highest BCUT2D eigenvalue weighted by Crippen LogP contribution is 2.15. The number of fused-ring (bicyclic) bond motifs is 3. The van der Waals surface area contributed by atoms with Crippen LogP contribution in [0, 0.1) is 5.82 Å². The second-order valence-electron chi connectivity index (χ2n) is 6.68. The van der Waals surface area contributed by atoms with Gasteiger partial charge in [0.2, 0.25) is 5.78 Å². The summed E-state index contributed by atoms with van der Waals surface area (Å²) in [6.07, 6.45) is 0. The molecule has 0 aliphatic carbocycles. The van der Waals surface area contributed by atoms with Gasteiger partial charge in [-0.05, 0) is 31.3 Å². The van der Waals surface area contributed by atoms with Gasteiger partial charge in [-0.3, -0.25) is 18.7 Å². The smallest absolute Gasteiger partial charge is 0.262 e. The van der Waals surface area contributed by atoms with Crippen molar-refractivity contribution in [1.82, 2.24) is 24.1 Å². The van der Waals surface area contributed by atoms with Crippen LogP contribution in [0.25, 0.3) is 16.7 Å². The third kappa shape index (κ3) is 3.34. The maximum atomic E-state index is 13.2. The minimum Gasteiger partial charge on any atom is -0.492 e. The van der Waals surface area contributed by atoms with E-state index in [1.165, 1.54) is 16.7 Å². The van der Waals surface area contributed by atoms with E-state index in [0.29, 0.717) is 36.6 Å². The van der Waals surface area contributed by atoms with Gasteiger partial charge in [0.05, 0.1) is 17.4 Å². The summed E-state index contributed by atoms with van der Waals surface area (Å²) in [6, 6.07) is 13.5. The normalized spacial score (nSPS) is 11.6. The van der Waals surface area contributed by atoms with Crippen molar-refractivity contribution in [2.24, 2.45) is 7.05 Å². The molecule has 0 bridgehead atoms. The molecule has 0 saturated heterocycles. The van der Waals surface area contributed by atoms with Crippen LogP contribution in [0.15, 0.2) is 53.3 Å². The highest BCUT2D eigenvalue weighted by molar-refractivity contribution is 5.80. The first-order valence-corrected chi connectivity index (χ1v) is 8.93. The summed E-state index contributed by atoms with van der Waals surface area (Å²) in [5.74, 6) is 1.42. The molecule has 2 heterocycles. The lowest BCUT2D eigenvalue weighted by atomic mass is 10.2. The molecule has 0 aliphatic rings. The first kappa shape index (κ1) is 18.1. The number of hydrogen-bond acceptors (Lipinski definition) is 5. The topological polar surface area (TPSA) is 64.7 Å². The third-order valence-electron chi connectivity index (χ3n) is 4.64. The molecule has 0 radical (unpaired) electrons. The predicted octanol–water partition coefficient (Wildman–Crippen LogP) is 2.23. The van der Waals surface area contributed by atoms with Gasteiger partial charge >= 0.3 is 0 Å². The van der Waals surface area contributed by atoms with Gasteiger partial charge in [0.25, 0.3) is 5.56 Å². The molecular weight excluding hydrogens is 361 g/mol. The molecule has 2 aromatic carbocycles. The van der Waals surface area contributed by atoms with Gasteiger partial charge < -0.3 is 4.74 Å². The Balaban J connectivity index is 1.54. The summed E-state index contributed by atoms with van der Waals surface area (Å²) < 4.78 is 22.2. The summed E-state index contributed by atoms with van der Waals surface area (Å²) >= 11 is 0. The molecule has 0 atom stereocenters. The van der Waals surface area contributed by atoms with Crippen molar-refractivity contribution in [1.29, 1.82) is 0 Å². The summed E-state index contributed by atoms with van der Waals surface area (Å²) in [4.78, 5) is 14.5. The van der Waals surface area contributed by atoms with Crippen molar-refractivity contribution < 1.29 is 9.13 Å². The Labute approximate surface area is 160 Å². The first-order chi connectivity index (χ1) is 13.5. The fraction of sp³-hybridized carbons (Fsp3) is 0.250. The molecule has 7 nitrogen and oxygen atoms in total. The second kappa shape index (κ2) is 7.40. The van der Waals surface area contributed by atoms with Crippen molar-refractivity contribution in [3.8, 4) is 5.75 Å². The molecule has 0 unspecified atom stereocenters. The van der Waals surface area contributed by atoms with Crippen molar-refractivity contribution in [3.63, 3.8) is 0 Å². The van der Waals surface area contributed by atoms with Crippen LogP contribution in [-0.2, 0) is 13.6 Å². The monoisotopic (exact) mass is 381 g/mol. The molecule has 0 aliphatic heterocycles. The van der Waals surface area contributed by atoms with E-state index in [-0.39, 0.29) is 11.4 Å². The molecule has 28 heavy (non-hydrogen) atoms. The van der Waals surface area contributed by atoms with Crippen LogP contribution < -0.4 is 10.3 Å². The first-order valence-electron chi connectivity index (χ1n) is 8.93. The van der Waals surface area contributed by atoms with E-state index in [2.05, 4.69) is 10.2 Å². The number of benzene rings is 2. The zero-order valence-corrected chi connectivity index (χ0v) is 15.7. The number of aryl methyl sites for hydroxylation is 1. The summed E-state index contributed by atoms with van der Waals surface area (Å²) in [7, 11) is 3.64. The lowest BCUT2D eigenvalue weighted by molar-refractivity contribution is 0.229. The van der Waals surface area contributed by atoms with Gasteiger partial charge in [-0.15, -0.1) is 10.2 Å². The number of rotatable bonds is 6. The Bertz CT molecular complexity index is 1200. The second-order valence-corrected chi connectivity index (χ2v) is 6.68. The van der Waals surface area contributed by atoms with E-state index in [1.807, 2.05) is 34.5 Å². The van der Waals surface area contributed by atoms with Gasteiger partial charge in [0.1, 0.15) is 18.2 Å². The molecule has 0 amide bonds. The average Bonchev–Trinajstić information content (AvgIpc) is 3.10. The Morgan fingerprint density at radius 1 is 1.14 bits per heavy atom. The molecule has 144 valence electrons. The van der Waals surface area contributed by atoms with Gasteiger partial charge in [-0.2, -0.15) is 0 Å². The lowest BCUT2D eigenvalue weighted by Gasteiger charge is -2.16. The summed E-state index contributed by atoms with van der Waals surface area (Å²) in [5.41, 5.74) is 0.684. The van der Waals surface area contributed by atoms with Crippen molar-refractivity contribution in [2.45, 2.75) is 6.54 Å². The van der Waals surface area contributed by atoms with Crippen LogP contribution in [0.1, 0.15) is 5.82 Å². The third-order valence-corrected chi connectivity index (χ3v) is 4.64. The van der Waals surface area contributed by atoms with E-state index in [1.54, 1.807) is 25.2 Å². The Morgan fingerprint density at radius 3 is 2.79 bits per heavy atom. The van der Waals surface area contributed by atoms with E-state index in [9.17, 15) is 9.18 Å². The molecular formula is C20H20FN5O2. The number of likely N-dealkylation sites (N-methyl/N-ethyl adjacent to an activating group) is 1. The molecule has 0 spiro atoms. The number of halogens is 1. The standard InChI is InChI=1S/C20H20FN5O2/c1-24(10-11-28-15-7-5-6-14(21)12-15)13-18-22-23-20-25(2)19(27)16-8-3-4-9-17(16)26(18)20/h3-9,12H,10-11,13H2,1-2H3. The maximum absolute atomic E-state index is 13.2. The fourth-order valence-corrected chi connectivity index (χ4v) is 3.19. The quantitative estimate of drug-likeness (QED) is 0.513. The minimum absolute atomic E-state index is 0.0982. The van der Waals surface area contributed by atoms with Gasteiger partial charge in [0.15, 0.2) is 5.82 Å². The highest BCUT2D eigenvalue weighted by atomic mass is 19.1.